The summed E-state index contributed by atoms with van der Waals surface area (Å²) in [6, 6.07) is 4.25. The lowest BCUT2D eigenvalue weighted by molar-refractivity contribution is 0.798. The van der Waals surface area contributed by atoms with Crippen LogP contribution in [-0.2, 0) is 0 Å². The third-order valence-electron chi connectivity index (χ3n) is 1.66. The van der Waals surface area contributed by atoms with Gasteiger partial charge in [-0.3, -0.25) is 0 Å². The van der Waals surface area contributed by atoms with E-state index in [1.54, 1.807) is 6.20 Å². The summed E-state index contributed by atoms with van der Waals surface area (Å²) in [4.78, 5) is 4.16. The Bertz CT molecular complexity index is 247. The molecule has 0 amide bonds. The summed E-state index contributed by atoms with van der Waals surface area (Å²) in [6.07, 6.45) is 1.79. The van der Waals surface area contributed by atoms with Crippen molar-refractivity contribution in [1.82, 2.24) is 4.98 Å². The van der Waals surface area contributed by atoms with Gasteiger partial charge in [0.15, 0.2) is 0 Å². The molecule has 1 unspecified atom stereocenters. The SMILES string of the molecule is Cc1ccnc(NC(C)CN)c1. The summed E-state index contributed by atoms with van der Waals surface area (Å²) < 4.78 is 0. The Labute approximate surface area is 73.0 Å². The van der Waals surface area contributed by atoms with Crippen LogP contribution in [-0.4, -0.2) is 17.6 Å². The molecule has 0 saturated heterocycles. The molecule has 1 aromatic rings. The van der Waals surface area contributed by atoms with Gasteiger partial charge in [-0.25, -0.2) is 4.98 Å². The summed E-state index contributed by atoms with van der Waals surface area (Å²) in [5, 5.41) is 3.20. The smallest absolute Gasteiger partial charge is 0.126 e. The normalized spacial score (nSPS) is 12.6. The summed E-state index contributed by atoms with van der Waals surface area (Å²) >= 11 is 0. The molecule has 1 rings (SSSR count). The fourth-order valence-electron chi connectivity index (χ4n) is 0.926. The van der Waals surface area contributed by atoms with Crippen LogP contribution in [0.1, 0.15) is 12.5 Å². The van der Waals surface area contributed by atoms with E-state index in [-0.39, 0.29) is 6.04 Å². The first-order valence-electron chi connectivity index (χ1n) is 4.11. The van der Waals surface area contributed by atoms with Gasteiger partial charge >= 0.3 is 0 Å². The second kappa shape index (κ2) is 4.07. The number of aromatic nitrogens is 1. The standard InChI is InChI=1S/C9H15N3/c1-7-3-4-11-9(5-7)12-8(2)6-10/h3-5,8H,6,10H2,1-2H3,(H,11,12). The van der Waals surface area contributed by atoms with Crippen molar-refractivity contribution in [2.45, 2.75) is 19.9 Å². The molecular weight excluding hydrogens is 150 g/mol. The highest BCUT2D eigenvalue weighted by Crippen LogP contribution is 2.05. The second-order valence-electron chi connectivity index (χ2n) is 3.00. The Hall–Kier alpha value is -1.09. The van der Waals surface area contributed by atoms with E-state index in [2.05, 4.69) is 10.3 Å². The fraction of sp³-hybridized carbons (Fsp3) is 0.444. The molecule has 0 aliphatic carbocycles. The number of anilines is 1. The summed E-state index contributed by atoms with van der Waals surface area (Å²) in [6.45, 7) is 4.69. The Morgan fingerprint density at radius 1 is 1.67 bits per heavy atom. The number of hydrogen-bond acceptors (Lipinski definition) is 3. The van der Waals surface area contributed by atoms with Crippen molar-refractivity contribution in [1.29, 1.82) is 0 Å². The Kier molecular flexibility index (Phi) is 3.05. The van der Waals surface area contributed by atoms with E-state index in [0.717, 1.165) is 5.82 Å². The minimum atomic E-state index is 0.277. The van der Waals surface area contributed by atoms with E-state index in [9.17, 15) is 0 Å². The van der Waals surface area contributed by atoms with Crippen LogP contribution in [0.15, 0.2) is 18.3 Å². The number of rotatable bonds is 3. The molecule has 12 heavy (non-hydrogen) atoms. The first-order chi connectivity index (χ1) is 5.72. The van der Waals surface area contributed by atoms with Crippen LogP contribution >= 0.6 is 0 Å². The van der Waals surface area contributed by atoms with Crippen molar-refractivity contribution in [2.24, 2.45) is 5.73 Å². The molecule has 1 atom stereocenters. The van der Waals surface area contributed by atoms with E-state index in [1.807, 2.05) is 26.0 Å². The van der Waals surface area contributed by atoms with Crippen molar-refractivity contribution in [3.05, 3.63) is 23.9 Å². The summed E-state index contributed by atoms with van der Waals surface area (Å²) in [5.74, 6) is 0.896. The molecule has 0 aromatic carbocycles. The van der Waals surface area contributed by atoms with Gasteiger partial charge in [0.2, 0.25) is 0 Å². The van der Waals surface area contributed by atoms with Crippen LogP contribution < -0.4 is 11.1 Å². The van der Waals surface area contributed by atoms with Crippen molar-refractivity contribution < 1.29 is 0 Å². The van der Waals surface area contributed by atoms with Gasteiger partial charge in [0.25, 0.3) is 0 Å². The molecule has 0 aliphatic rings. The molecule has 1 heterocycles. The average molecular weight is 165 g/mol. The van der Waals surface area contributed by atoms with Gasteiger partial charge in [-0.15, -0.1) is 0 Å². The quantitative estimate of drug-likeness (QED) is 0.706. The molecule has 0 radical (unpaired) electrons. The van der Waals surface area contributed by atoms with Crippen molar-refractivity contribution in [2.75, 3.05) is 11.9 Å². The van der Waals surface area contributed by atoms with Crippen LogP contribution in [0.5, 0.6) is 0 Å². The molecule has 0 bridgehead atoms. The molecular formula is C9H15N3. The average Bonchev–Trinajstić information content (AvgIpc) is 2.04. The van der Waals surface area contributed by atoms with E-state index < -0.39 is 0 Å². The predicted molar refractivity (Wildman–Crippen MR) is 51.1 cm³/mol. The number of aryl methyl sites for hydroxylation is 1. The number of hydrogen-bond donors (Lipinski definition) is 2. The van der Waals surface area contributed by atoms with Crippen LogP contribution in [0.4, 0.5) is 5.82 Å². The van der Waals surface area contributed by atoms with Gasteiger partial charge in [-0.1, -0.05) is 0 Å². The highest BCUT2D eigenvalue weighted by Gasteiger charge is 1.98. The largest absolute Gasteiger partial charge is 0.366 e. The van der Waals surface area contributed by atoms with Crippen LogP contribution in [0.25, 0.3) is 0 Å². The first kappa shape index (κ1) is 9.00. The minimum Gasteiger partial charge on any atom is -0.366 e. The molecule has 0 aliphatic heterocycles. The van der Waals surface area contributed by atoms with Crippen molar-refractivity contribution in [3.8, 4) is 0 Å². The van der Waals surface area contributed by atoms with E-state index in [0.29, 0.717) is 6.54 Å². The van der Waals surface area contributed by atoms with Crippen LogP contribution in [0.2, 0.25) is 0 Å². The lowest BCUT2D eigenvalue weighted by Crippen LogP contribution is -2.25. The highest BCUT2D eigenvalue weighted by atomic mass is 15.0. The zero-order valence-electron chi connectivity index (χ0n) is 7.54. The van der Waals surface area contributed by atoms with Gasteiger partial charge in [0.1, 0.15) is 5.82 Å². The number of nitrogens with zero attached hydrogens (tertiary/aromatic N) is 1. The maximum Gasteiger partial charge on any atom is 0.126 e. The maximum absolute atomic E-state index is 5.47. The number of nitrogens with one attached hydrogen (secondary N) is 1. The first-order valence-corrected chi connectivity index (χ1v) is 4.11. The molecule has 0 saturated carbocycles. The Morgan fingerprint density at radius 3 is 3.00 bits per heavy atom. The summed E-state index contributed by atoms with van der Waals surface area (Å²) in [7, 11) is 0. The Morgan fingerprint density at radius 2 is 2.42 bits per heavy atom. The molecule has 0 fully saturated rings. The fourth-order valence-corrected chi connectivity index (χ4v) is 0.926. The predicted octanol–water partition coefficient (Wildman–Crippen LogP) is 1.15. The number of nitrogens with two attached hydrogens (primary N) is 1. The van der Waals surface area contributed by atoms with E-state index in [1.165, 1.54) is 5.56 Å². The zero-order chi connectivity index (χ0) is 8.97. The van der Waals surface area contributed by atoms with Crippen LogP contribution in [0.3, 0.4) is 0 Å². The molecule has 0 spiro atoms. The van der Waals surface area contributed by atoms with E-state index in [4.69, 9.17) is 5.73 Å². The third kappa shape index (κ3) is 2.51. The highest BCUT2D eigenvalue weighted by molar-refractivity contribution is 5.37. The molecule has 3 N–H and O–H groups in total. The lowest BCUT2D eigenvalue weighted by Gasteiger charge is -2.11. The molecule has 1 aromatic heterocycles. The Balaban J connectivity index is 2.63. The molecule has 66 valence electrons. The van der Waals surface area contributed by atoms with Crippen molar-refractivity contribution in [3.63, 3.8) is 0 Å². The van der Waals surface area contributed by atoms with Crippen LogP contribution in [0, 0.1) is 6.92 Å². The number of pyridine rings is 1. The minimum absolute atomic E-state index is 0.277. The summed E-state index contributed by atoms with van der Waals surface area (Å²) in [5.41, 5.74) is 6.67. The zero-order valence-corrected chi connectivity index (χ0v) is 7.54. The van der Waals surface area contributed by atoms with Crippen molar-refractivity contribution >= 4 is 5.82 Å². The van der Waals surface area contributed by atoms with Gasteiger partial charge < -0.3 is 11.1 Å². The van der Waals surface area contributed by atoms with E-state index >= 15 is 0 Å². The maximum atomic E-state index is 5.47. The lowest BCUT2D eigenvalue weighted by atomic mass is 10.3. The van der Waals surface area contributed by atoms with Gasteiger partial charge in [0.05, 0.1) is 0 Å². The monoisotopic (exact) mass is 165 g/mol. The second-order valence-corrected chi connectivity index (χ2v) is 3.00. The topological polar surface area (TPSA) is 50.9 Å². The third-order valence-corrected chi connectivity index (χ3v) is 1.66. The molecule has 3 nitrogen and oxygen atoms in total. The molecule has 3 heteroatoms. The van der Waals surface area contributed by atoms with Gasteiger partial charge in [-0.05, 0) is 31.5 Å². The van der Waals surface area contributed by atoms with Gasteiger partial charge in [0, 0.05) is 18.8 Å². The van der Waals surface area contributed by atoms with Gasteiger partial charge in [-0.2, -0.15) is 0 Å².